The molecule has 16 heavy (non-hydrogen) atoms. The maximum absolute atomic E-state index is 11.9. The SMILES string of the molecule is CCOC(=O)C(C)(C)N1CCCN(C)CC1. The van der Waals surface area contributed by atoms with Gasteiger partial charge in [-0.15, -0.1) is 0 Å². The van der Waals surface area contributed by atoms with Crippen LogP contribution in [0.3, 0.4) is 0 Å². The zero-order valence-corrected chi connectivity index (χ0v) is 11.0. The summed E-state index contributed by atoms with van der Waals surface area (Å²) in [6.07, 6.45) is 1.11. The Morgan fingerprint density at radius 3 is 2.56 bits per heavy atom. The molecule has 0 radical (unpaired) electrons. The molecule has 94 valence electrons. The number of rotatable bonds is 3. The molecule has 4 nitrogen and oxygen atoms in total. The fourth-order valence-corrected chi connectivity index (χ4v) is 2.04. The number of ether oxygens (including phenoxy) is 1. The van der Waals surface area contributed by atoms with Crippen molar-refractivity contribution >= 4 is 5.97 Å². The molecule has 0 spiro atoms. The molecule has 0 aliphatic carbocycles. The summed E-state index contributed by atoms with van der Waals surface area (Å²) in [6.45, 7) is 10.2. The molecule has 0 unspecified atom stereocenters. The Morgan fingerprint density at radius 1 is 1.25 bits per heavy atom. The van der Waals surface area contributed by atoms with E-state index in [1.807, 2.05) is 20.8 Å². The van der Waals surface area contributed by atoms with Crippen LogP contribution in [0.2, 0.25) is 0 Å². The number of hydrogen-bond acceptors (Lipinski definition) is 4. The lowest BCUT2D eigenvalue weighted by atomic mass is 10.0. The molecule has 1 aliphatic rings. The molecule has 1 rings (SSSR count). The summed E-state index contributed by atoms with van der Waals surface area (Å²) in [4.78, 5) is 16.4. The predicted octanol–water partition coefficient (Wildman–Crippen LogP) is 0.966. The van der Waals surface area contributed by atoms with Gasteiger partial charge in [0.2, 0.25) is 0 Å². The number of carbonyl (C=O) groups excluding carboxylic acids is 1. The molecule has 0 atom stereocenters. The normalized spacial score (nSPS) is 20.5. The summed E-state index contributed by atoms with van der Waals surface area (Å²) in [7, 11) is 2.13. The summed E-state index contributed by atoms with van der Waals surface area (Å²) < 4.78 is 5.13. The van der Waals surface area contributed by atoms with Crippen LogP contribution in [0, 0.1) is 0 Å². The lowest BCUT2D eigenvalue weighted by Gasteiger charge is -2.35. The van der Waals surface area contributed by atoms with Gasteiger partial charge >= 0.3 is 5.97 Å². The van der Waals surface area contributed by atoms with Crippen molar-refractivity contribution in [1.29, 1.82) is 0 Å². The lowest BCUT2D eigenvalue weighted by Crippen LogP contribution is -2.52. The van der Waals surface area contributed by atoms with E-state index in [0.29, 0.717) is 6.61 Å². The van der Waals surface area contributed by atoms with Crippen LogP contribution in [0.4, 0.5) is 0 Å². The topological polar surface area (TPSA) is 32.8 Å². The minimum Gasteiger partial charge on any atom is -0.465 e. The van der Waals surface area contributed by atoms with Gasteiger partial charge in [0.05, 0.1) is 6.61 Å². The van der Waals surface area contributed by atoms with E-state index < -0.39 is 5.54 Å². The second-order valence-electron chi connectivity index (χ2n) is 4.92. The van der Waals surface area contributed by atoms with E-state index in [4.69, 9.17) is 4.74 Å². The molecule has 0 saturated carbocycles. The number of esters is 1. The molecule has 1 aliphatic heterocycles. The highest BCUT2D eigenvalue weighted by molar-refractivity contribution is 5.79. The summed E-state index contributed by atoms with van der Waals surface area (Å²) in [5.41, 5.74) is -0.499. The first kappa shape index (κ1) is 13.5. The first-order valence-electron chi connectivity index (χ1n) is 6.09. The minimum absolute atomic E-state index is 0.112. The van der Waals surface area contributed by atoms with Gasteiger partial charge in [-0.3, -0.25) is 9.69 Å². The monoisotopic (exact) mass is 228 g/mol. The Hall–Kier alpha value is -0.610. The van der Waals surface area contributed by atoms with Gasteiger partial charge in [0.15, 0.2) is 0 Å². The number of nitrogens with zero attached hydrogens (tertiary/aromatic N) is 2. The smallest absolute Gasteiger partial charge is 0.325 e. The van der Waals surface area contributed by atoms with Crippen molar-refractivity contribution in [2.45, 2.75) is 32.7 Å². The van der Waals surface area contributed by atoms with Crippen molar-refractivity contribution in [3.05, 3.63) is 0 Å². The molecule has 0 amide bonds. The third-order valence-corrected chi connectivity index (χ3v) is 3.29. The molecule has 0 bridgehead atoms. The van der Waals surface area contributed by atoms with Gasteiger partial charge in [-0.2, -0.15) is 0 Å². The van der Waals surface area contributed by atoms with Gasteiger partial charge in [-0.05, 0) is 40.8 Å². The zero-order chi connectivity index (χ0) is 12.2. The first-order chi connectivity index (χ1) is 7.48. The fourth-order valence-electron chi connectivity index (χ4n) is 2.04. The molecule has 0 aromatic heterocycles. The molecule has 4 heteroatoms. The van der Waals surface area contributed by atoms with Crippen molar-refractivity contribution in [1.82, 2.24) is 9.80 Å². The van der Waals surface area contributed by atoms with E-state index in [2.05, 4.69) is 16.8 Å². The number of hydrogen-bond donors (Lipinski definition) is 0. The van der Waals surface area contributed by atoms with Crippen molar-refractivity contribution < 1.29 is 9.53 Å². The van der Waals surface area contributed by atoms with E-state index in [-0.39, 0.29) is 5.97 Å². The second-order valence-corrected chi connectivity index (χ2v) is 4.92. The second kappa shape index (κ2) is 5.64. The zero-order valence-electron chi connectivity index (χ0n) is 11.0. The molecule has 0 N–H and O–H groups in total. The third kappa shape index (κ3) is 3.19. The van der Waals surface area contributed by atoms with E-state index in [0.717, 1.165) is 32.6 Å². The summed E-state index contributed by atoms with van der Waals surface area (Å²) in [5, 5.41) is 0. The molecule has 1 saturated heterocycles. The van der Waals surface area contributed by atoms with Crippen LogP contribution in [0.25, 0.3) is 0 Å². The predicted molar refractivity (Wildman–Crippen MR) is 64.4 cm³/mol. The van der Waals surface area contributed by atoms with Gasteiger partial charge in [-0.1, -0.05) is 0 Å². The van der Waals surface area contributed by atoms with E-state index in [1.54, 1.807) is 0 Å². The van der Waals surface area contributed by atoms with Crippen LogP contribution < -0.4 is 0 Å². The van der Waals surface area contributed by atoms with Crippen LogP contribution in [0.1, 0.15) is 27.2 Å². The molecule has 0 aromatic carbocycles. The van der Waals surface area contributed by atoms with Crippen molar-refractivity contribution in [3.63, 3.8) is 0 Å². The molecular formula is C12H24N2O2. The van der Waals surface area contributed by atoms with E-state index in [1.165, 1.54) is 0 Å². The van der Waals surface area contributed by atoms with Crippen LogP contribution >= 0.6 is 0 Å². The maximum atomic E-state index is 11.9. The molecule has 0 aromatic rings. The maximum Gasteiger partial charge on any atom is 0.325 e. The van der Waals surface area contributed by atoms with Crippen molar-refractivity contribution in [2.24, 2.45) is 0 Å². The molecular weight excluding hydrogens is 204 g/mol. The van der Waals surface area contributed by atoms with Crippen LogP contribution in [-0.2, 0) is 9.53 Å². The Kier molecular flexibility index (Phi) is 4.74. The van der Waals surface area contributed by atoms with Gasteiger partial charge in [0.1, 0.15) is 5.54 Å². The van der Waals surface area contributed by atoms with Crippen LogP contribution in [0.15, 0.2) is 0 Å². The summed E-state index contributed by atoms with van der Waals surface area (Å²) >= 11 is 0. The third-order valence-electron chi connectivity index (χ3n) is 3.29. The highest BCUT2D eigenvalue weighted by Crippen LogP contribution is 2.18. The highest BCUT2D eigenvalue weighted by Gasteiger charge is 2.36. The molecule has 1 heterocycles. The largest absolute Gasteiger partial charge is 0.465 e. The highest BCUT2D eigenvalue weighted by atomic mass is 16.5. The lowest BCUT2D eigenvalue weighted by molar-refractivity contribution is -0.155. The summed E-state index contributed by atoms with van der Waals surface area (Å²) in [6, 6.07) is 0. The van der Waals surface area contributed by atoms with Crippen LogP contribution in [-0.4, -0.2) is 61.1 Å². The Labute approximate surface area is 98.5 Å². The van der Waals surface area contributed by atoms with Gasteiger partial charge < -0.3 is 9.64 Å². The average molecular weight is 228 g/mol. The quantitative estimate of drug-likeness (QED) is 0.674. The molecule has 1 fully saturated rings. The van der Waals surface area contributed by atoms with Crippen LogP contribution in [0.5, 0.6) is 0 Å². The van der Waals surface area contributed by atoms with Crippen molar-refractivity contribution in [2.75, 3.05) is 39.8 Å². The Morgan fingerprint density at radius 2 is 1.94 bits per heavy atom. The Bertz CT molecular complexity index is 241. The van der Waals surface area contributed by atoms with E-state index >= 15 is 0 Å². The fraction of sp³-hybridized carbons (Fsp3) is 0.917. The van der Waals surface area contributed by atoms with Gasteiger partial charge in [-0.25, -0.2) is 0 Å². The summed E-state index contributed by atoms with van der Waals surface area (Å²) in [5.74, 6) is -0.112. The van der Waals surface area contributed by atoms with Gasteiger partial charge in [0.25, 0.3) is 0 Å². The van der Waals surface area contributed by atoms with E-state index in [9.17, 15) is 4.79 Å². The Balaban J connectivity index is 2.63. The number of likely N-dealkylation sites (N-methyl/N-ethyl adjacent to an activating group) is 1. The standard InChI is InChI=1S/C12H24N2O2/c1-5-16-11(15)12(2,3)14-8-6-7-13(4)9-10-14/h5-10H2,1-4H3. The minimum atomic E-state index is -0.499. The average Bonchev–Trinajstić information content (AvgIpc) is 2.43. The number of carbonyl (C=O) groups is 1. The first-order valence-corrected chi connectivity index (χ1v) is 6.09. The van der Waals surface area contributed by atoms with Gasteiger partial charge in [0, 0.05) is 19.6 Å². The van der Waals surface area contributed by atoms with Crippen molar-refractivity contribution in [3.8, 4) is 0 Å².